The molecule has 0 radical (unpaired) electrons. The second-order valence-electron chi connectivity index (χ2n) is 5.87. The summed E-state index contributed by atoms with van der Waals surface area (Å²) < 4.78 is 34.6. The monoisotopic (exact) mass is 409 g/mol. The van der Waals surface area contributed by atoms with Gasteiger partial charge in [0.2, 0.25) is 5.75 Å². The lowest BCUT2D eigenvalue weighted by atomic mass is 10.1. The van der Waals surface area contributed by atoms with Gasteiger partial charge in [0.1, 0.15) is 19.0 Å². The van der Waals surface area contributed by atoms with Crippen molar-refractivity contribution >= 4 is 29.2 Å². The van der Waals surface area contributed by atoms with Crippen molar-refractivity contribution in [2.75, 3.05) is 25.6 Å². The first-order valence-corrected chi connectivity index (χ1v) is 8.71. The van der Waals surface area contributed by atoms with Crippen LogP contribution in [-0.4, -0.2) is 38.3 Å². The zero-order valence-electron chi connectivity index (χ0n) is 15.1. The molecule has 7 nitrogen and oxygen atoms in total. The Labute approximate surface area is 165 Å². The molecule has 1 atom stereocenters. The fraction of sp³-hybridized carbons (Fsp3) is 0.263. The third-order valence-electron chi connectivity index (χ3n) is 3.90. The van der Waals surface area contributed by atoms with E-state index in [0.29, 0.717) is 30.5 Å². The molecule has 0 fully saturated rings. The number of carbonyl (C=O) groups excluding carboxylic acids is 2. The molecule has 0 aromatic heterocycles. The van der Waals surface area contributed by atoms with Crippen LogP contribution < -0.4 is 19.5 Å². The number of carbonyl (C=O) groups is 2. The number of methoxy groups -OCH3 is 1. The quantitative estimate of drug-likeness (QED) is 0.762. The smallest absolute Gasteiger partial charge is 0.339 e. The summed E-state index contributed by atoms with van der Waals surface area (Å²) >= 11 is 5.68. The van der Waals surface area contributed by atoms with Gasteiger partial charge < -0.3 is 24.3 Å². The maximum Gasteiger partial charge on any atom is 0.339 e. The van der Waals surface area contributed by atoms with Crippen LogP contribution in [0.1, 0.15) is 17.3 Å². The molecule has 0 saturated heterocycles. The summed E-state index contributed by atoms with van der Waals surface area (Å²) in [5.74, 6) is -0.857. The molecule has 0 aliphatic carbocycles. The molecule has 1 amide bonds. The number of hydrogen-bond acceptors (Lipinski definition) is 6. The average molecular weight is 410 g/mol. The van der Waals surface area contributed by atoms with Crippen LogP contribution in [0.3, 0.4) is 0 Å². The van der Waals surface area contributed by atoms with Gasteiger partial charge >= 0.3 is 5.97 Å². The molecular weight excluding hydrogens is 393 g/mol. The molecule has 9 heteroatoms. The van der Waals surface area contributed by atoms with Crippen LogP contribution >= 0.6 is 11.6 Å². The molecule has 0 spiro atoms. The molecule has 1 aliphatic heterocycles. The lowest BCUT2D eigenvalue weighted by Gasteiger charge is -2.21. The molecule has 28 heavy (non-hydrogen) atoms. The Hall–Kier alpha value is -3.00. The van der Waals surface area contributed by atoms with Crippen molar-refractivity contribution in [2.45, 2.75) is 13.0 Å². The van der Waals surface area contributed by atoms with E-state index in [1.165, 1.54) is 38.3 Å². The van der Waals surface area contributed by atoms with Crippen LogP contribution in [-0.2, 0) is 9.53 Å². The third-order valence-corrected chi connectivity index (χ3v) is 4.19. The molecule has 2 aromatic rings. The first kappa shape index (κ1) is 19.8. The van der Waals surface area contributed by atoms with E-state index < -0.39 is 23.8 Å². The van der Waals surface area contributed by atoms with Gasteiger partial charge in [-0.25, -0.2) is 9.18 Å². The van der Waals surface area contributed by atoms with Crippen LogP contribution in [0.15, 0.2) is 30.3 Å². The van der Waals surface area contributed by atoms with E-state index in [1.807, 2.05) is 0 Å². The number of hydrogen-bond donors (Lipinski definition) is 1. The van der Waals surface area contributed by atoms with Crippen molar-refractivity contribution < 1.29 is 32.9 Å². The summed E-state index contributed by atoms with van der Waals surface area (Å²) in [6, 6.07) is 6.63. The van der Waals surface area contributed by atoms with Crippen LogP contribution in [0, 0.1) is 5.82 Å². The van der Waals surface area contributed by atoms with Gasteiger partial charge in [-0.1, -0.05) is 11.6 Å². The van der Waals surface area contributed by atoms with E-state index in [9.17, 15) is 14.0 Å². The van der Waals surface area contributed by atoms with Gasteiger partial charge in [0.15, 0.2) is 17.6 Å². The average Bonchev–Trinajstić information content (AvgIpc) is 2.69. The van der Waals surface area contributed by atoms with Crippen LogP contribution in [0.4, 0.5) is 10.1 Å². The van der Waals surface area contributed by atoms with E-state index in [0.717, 1.165) is 6.07 Å². The fourth-order valence-electron chi connectivity index (χ4n) is 2.49. The Bertz CT molecular complexity index is 902. The molecule has 3 rings (SSSR count). The van der Waals surface area contributed by atoms with Gasteiger partial charge in [-0.3, -0.25) is 4.79 Å². The highest BCUT2D eigenvalue weighted by molar-refractivity contribution is 6.31. The van der Waals surface area contributed by atoms with E-state index in [1.54, 1.807) is 0 Å². The predicted molar refractivity (Wildman–Crippen MR) is 98.9 cm³/mol. The summed E-state index contributed by atoms with van der Waals surface area (Å²) in [5, 5.41) is 2.37. The highest BCUT2D eigenvalue weighted by Crippen LogP contribution is 2.40. The number of ether oxygens (including phenoxy) is 4. The summed E-state index contributed by atoms with van der Waals surface area (Å²) in [6.45, 7) is 2.12. The topological polar surface area (TPSA) is 83.1 Å². The molecule has 2 aromatic carbocycles. The van der Waals surface area contributed by atoms with Crippen LogP contribution in [0.2, 0.25) is 5.02 Å². The minimum Gasteiger partial charge on any atom is -0.493 e. The Morgan fingerprint density at radius 3 is 2.68 bits per heavy atom. The van der Waals surface area contributed by atoms with Gasteiger partial charge in [-0.15, -0.1) is 0 Å². The third kappa shape index (κ3) is 4.28. The molecule has 0 saturated carbocycles. The molecule has 1 aliphatic rings. The summed E-state index contributed by atoms with van der Waals surface area (Å²) in [7, 11) is 1.44. The number of amides is 1. The minimum atomic E-state index is -1.12. The van der Waals surface area contributed by atoms with Crippen molar-refractivity contribution in [2.24, 2.45) is 0 Å². The summed E-state index contributed by atoms with van der Waals surface area (Å²) in [5.41, 5.74) is 0.422. The second kappa shape index (κ2) is 8.35. The number of anilines is 1. The van der Waals surface area contributed by atoms with E-state index in [4.69, 9.17) is 30.5 Å². The standard InChI is InChI=1S/C19H17ClFNO6/c1-10(18(23)22-12-3-4-14(21)13(20)9-12)28-19(24)11-7-15(25-2)17-16(8-11)26-5-6-27-17/h3-4,7-10H,5-6H2,1-2H3,(H,22,23)/t10-/m1/s1. The molecule has 1 N–H and O–H groups in total. The van der Waals surface area contributed by atoms with E-state index in [2.05, 4.69) is 5.32 Å². The van der Waals surface area contributed by atoms with Crippen molar-refractivity contribution in [3.05, 3.63) is 46.7 Å². The SMILES string of the molecule is COc1cc(C(=O)O[C@H](C)C(=O)Nc2ccc(F)c(Cl)c2)cc2c1OCCO2. The maximum absolute atomic E-state index is 13.2. The van der Waals surface area contributed by atoms with Crippen molar-refractivity contribution in [3.63, 3.8) is 0 Å². The van der Waals surface area contributed by atoms with Crippen molar-refractivity contribution in [1.29, 1.82) is 0 Å². The Kier molecular flexibility index (Phi) is 5.89. The van der Waals surface area contributed by atoms with Crippen LogP contribution in [0.25, 0.3) is 0 Å². The number of benzene rings is 2. The zero-order valence-corrected chi connectivity index (χ0v) is 15.8. The summed E-state index contributed by atoms with van der Waals surface area (Å²) in [6.07, 6.45) is -1.12. The van der Waals surface area contributed by atoms with Crippen molar-refractivity contribution in [3.8, 4) is 17.2 Å². The summed E-state index contributed by atoms with van der Waals surface area (Å²) in [4.78, 5) is 24.7. The number of halogens is 2. The fourth-order valence-corrected chi connectivity index (χ4v) is 2.67. The Balaban J connectivity index is 1.69. The number of nitrogens with one attached hydrogen (secondary N) is 1. The van der Waals surface area contributed by atoms with Gasteiger partial charge in [-0.05, 0) is 37.3 Å². The highest BCUT2D eigenvalue weighted by atomic mass is 35.5. The number of esters is 1. The van der Waals surface area contributed by atoms with E-state index >= 15 is 0 Å². The molecular formula is C19H17ClFNO6. The van der Waals surface area contributed by atoms with Gasteiger partial charge in [0.05, 0.1) is 17.7 Å². The Morgan fingerprint density at radius 2 is 1.96 bits per heavy atom. The zero-order chi connectivity index (χ0) is 20.3. The second-order valence-corrected chi connectivity index (χ2v) is 6.28. The molecule has 0 unspecified atom stereocenters. The highest BCUT2D eigenvalue weighted by Gasteiger charge is 2.24. The molecule has 148 valence electrons. The number of fused-ring (bicyclic) bond motifs is 1. The maximum atomic E-state index is 13.2. The van der Waals surface area contributed by atoms with Crippen LogP contribution in [0.5, 0.6) is 17.2 Å². The minimum absolute atomic E-state index is 0.133. The largest absolute Gasteiger partial charge is 0.493 e. The lowest BCUT2D eigenvalue weighted by Crippen LogP contribution is -2.30. The Morgan fingerprint density at radius 1 is 1.21 bits per heavy atom. The molecule has 1 heterocycles. The first-order chi connectivity index (χ1) is 13.4. The van der Waals surface area contributed by atoms with Gasteiger partial charge in [0.25, 0.3) is 5.91 Å². The lowest BCUT2D eigenvalue weighted by molar-refractivity contribution is -0.123. The van der Waals surface area contributed by atoms with Gasteiger partial charge in [-0.2, -0.15) is 0 Å². The van der Waals surface area contributed by atoms with Crippen molar-refractivity contribution in [1.82, 2.24) is 0 Å². The first-order valence-electron chi connectivity index (χ1n) is 8.33. The predicted octanol–water partition coefficient (Wildman–Crippen LogP) is 3.44. The molecule has 0 bridgehead atoms. The van der Waals surface area contributed by atoms with E-state index in [-0.39, 0.29) is 16.3 Å². The van der Waals surface area contributed by atoms with Gasteiger partial charge in [0, 0.05) is 5.69 Å². The number of rotatable bonds is 5. The normalized spacial score (nSPS) is 13.4.